The highest BCUT2D eigenvalue weighted by molar-refractivity contribution is 6.32. The molecule has 2 aromatic rings. The maximum atomic E-state index is 13.8. The number of ketones is 4. The number of ether oxygens (including phenoxy) is 1. The smallest absolute Gasteiger partial charge is 0.235 e. The summed E-state index contributed by atoms with van der Waals surface area (Å²) in [5.74, 6) is -10.3. The summed E-state index contributed by atoms with van der Waals surface area (Å²) in [5, 5.41) is 23.6. The lowest BCUT2D eigenvalue weighted by Crippen LogP contribution is -2.74. The molecule has 3 aliphatic carbocycles. The molecule has 0 heterocycles. The summed E-state index contributed by atoms with van der Waals surface area (Å²) < 4.78 is 5.63. The van der Waals surface area contributed by atoms with Gasteiger partial charge in [-0.05, 0) is 32.9 Å². The van der Waals surface area contributed by atoms with Gasteiger partial charge in [0.25, 0.3) is 0 Å². The van der Waals surface area contributed by atoms with Crippen molar-refractivity contribution >= 4 is 39.8 Å². The van der Waals surface area contributed by atoms with Gasteiger partial charge in [-0.1, -0.05) is 24.3 Å². The molecule has 10 nitrogen and oxygen atoms in total. The SMILES string of the molecule is COc1c2c(c(O)c3ccccc13)C(=O)C1C(=O)[C@]3(O)C(=O)C(C(N)=O)C(=O)[C@@H](N(C)C)[C@@H]3C[C@@H]1C2. The minimum Gasteiger partial charge on any atom is -0.507 e. The van der Waals surface area contributed by atoms with Gasteiger partial charge in [-0.2, -0.15) is 0 Å². The van der Waals surface area contributed by atoms with Crippen molar-refractivity contribution in [2.45, 2.75) is 24.5 Å². The molecular formula is C26H26N2O8. The van der Waals surface area contributed by atoms with Gasteiger partial charge in [0.05, 0.1) is 24.6 Å². The fourth-order valence-electron chi connectivity index (χ4n) is 6.62. The average molecular weight is 495 g/mol. The number of primary amides is 1. The number of hydrogen-bond acceptors (Lipinski definition) is 9. The van der Waals surface area contributed by atoms with Crippen molar-refractivity contribution in [2.75, 3.05) is 21.2 Å². The molecule has 2 unspecified atom stereocenters. The molecule has 6 atom stereocenters. The van der Waals surface area contributed by atoms with Gasteiger partial charge in [-0.25, -0.2) is 0 Å². The van der Waals surface area contributed by atoms with Crippen molar-refractivity contribution < 1.29 is 38.9 Å². The quantitative estimate of drug-likeness (QED) is 0.499. The summed E-state index contributed by atoms with van der Waals surface area (Å²) in [6, 6.07) is 5.68. The van der Waals surface area contributed by atoms with E-state index in [4.69, 9.17) is 10.5 Å². The van der Waals surface area contributed by atoms with Gasteiger partial charge in [0, 0.05) is 22.3 Å². The molecule has 5 rings (SSSR count). The van der Waals surface area contributed by atoms with Crippen molar-refractivity contribution in [2.24, 2.45) is 29.4 Å². The first-order chi connectivity index (χ1) is 17.0. The van der Waals surface area contributed by atoms with E-state index in [2.05, 4.69) is 0 Å². The van der Waals surface area contributed by atoms with E-state index in [0.717, 1.165) is 0 Å². The van der Waals surface area contributed by atoms with Crippen LogP contribution in [0.2, 0.25) is 0 Å². The van der Waals surface area contributed by atoms with Crippen LogP contribution in [0.4, 0.5) is 0 Å². The van der Waals surface area contributed by atoms with Gasteiger partial charge in [-0.3, -0.25) is 28.9 Å². The molecule has 2 aromatic carbocycles. The Balaban J connectivity index is 1.71. The van der Waals surface area contributed by atoms with E-state index >= 15 is 0 Å². The normalized spacial score (nSPS) is 31.8. The third kappa shape index (κ3) is 2.88. The van der Waals surface area contributed by atoms with Gasteiger partial charge in [0.15, 0.2) is 34.7 Å². The van der Waals surface area contributed by atoms with Gasteiger partial charge < -0.3 is 20.7 Å². The van der Waals surface area contributed by atoms with E-state index in [-0.39, 0.29) is 24.2 Å². The van der Waals surface area contributed by atoms with Crippen LogP contribution in [0.3, 0.4) is 0 Å². The number of methoxy groups -OCH3 is 1. The number of Topliss-reactive ketones (excluding diaryl/α,β-unsaturated/α-hetero) is 4. The zero-order valence-corrected chi connectivity index (χ0v) is 20.0. The van der Waals surface area contributed by atoms with Crippen LogP contribution in [0.5, 0.6) is 11.5 Å². The predicted molar refractivity (Wildman–Crippen MR) is 125 cm³/mol. The summed E-state index contributed by atoms with van der Waals surface area (Å²) in [5.41, 5.74) is 2.93. The molecule has 36 heavy (non-hydrogen) atoms. The second-order valence-corrected chi connectivity index (χ2v) is 10.1. The molecule has 0 saturated heterocycles. The number of hydrogen-bond donors (Lipinski definition) is 3. The van der Waals surface area contributed by atoms with Gasteiger partial charge in [0.2, 0.25) is 5.91 Å². The summed E-state index contributed by atoms with van der Waals surface area (Å²) >= 11 is 0. The third-order valence-electron chi connectivity index (χ3n) is 8.10. The first-order valence-electron chi connectivity index (χ1n) is 11.6. The lowest BCUT2D eigenvalue weighted by molar-refractivity contribution is -0.181. The second-order valence-electron chi connectivity index (χ2n) is 10.1. The Morgan fingerprint density at radius 2 is 1.75 bits per heavy atom. The summed E-state index contributed by atoms with van der Waals surface area (Å²) in [7, 11) is 4.54. The first kappa shape index (κ1) is 24.1. The summed E-state index contributed by atoms with van der Waals surface area (Å²) in [4.78, 5) is 67.5. The number of amides is 1. The number of phenols is 1. The minimum absolute atomic E-state index is 0.0133. The van der Waals surface area contributed by atoms with Crippen LogP contribution < -0.4 is 10.5 Å². The Labute approximate surface area is 206 Å². The lowest BCUT2D eigenvalue weighted by atomic mass is 9.52. The Bertz CT molecular complexity index is 1380. The highest BCUT2D eigenvalue weighted by Crippen LogP contribution is 2.53. The molecule has 0 radical (unpaired) electrons. The van der Waals surface area contributed by atoms with Crippen molar-refractivity contribution in [1.82, 2.24) is 4.90 Å². The summed E-state index contributed by atoms with van der Waals surface area (Å²) in [6.07, 6.45) is 0.133. The maximum Gasteiger partial charge on any atom is 0.235 e. The number of aromatic hydroxyl groups is 1. The highest BCUT2D eigenvalue weighted by Gasteiger charge is 2.69. The number of nitrogens with two attached hydrogens (primary N) is 1. The molecule has 4 N–H and O–H groups in total. The molecule has 2 saturated carbocycles. The van der Waals surface area contributed by atoms with Crippen molar-refractivity contribution in [1.29, 1.82) is 0 Å². The summed E-state index contributed by atoms with van der Waals surface area (Å²) in [6.45, 7) is 0. The number of carbonyl (C=O) groups excluding carboxylic acids is 5. The fraction of sp³-hybridized carbons (Fsp3) is 0.423. The van der Waals surface area contributed by atoms with Crippen LogP contribution in [0.15, 0.2) is 24.3 Å². The van der Waals surface area contributed by atoms with E-state index in [9.17, 15) is 34.2 Å². The third-order valence-corrected chi connectivity index (χ3v) is 8.10. The number of aliphatic hydroxyl groups is 1. The van der Waals surface area contributed by atoms with Gasteiger partial charge in [-0.15, -0.1) is 0 Å². The fourth-order valence-corrected chi connectivity index (χ4v) is 6.62. The predicted octanol–water partition coefficient (Wildman–Crippen LogP) is 0.0288. The standard InChI is InChI=1S/C26H26N2O8/c1-28(2)18-14-9-10-8-13-16(19(29)11-6-4-5-7-12(11)22(13)36-3)20(30)15(10)23(32)26(14,35)24(33)17(21(18)31)25(27)34/h4-7,10,14-15,17-18,29,35H,8-9H2,1-3H3,(H2,27,34)/t10-,14-,15?,17?,18-,26-/m0/s1. The number of fused-ring (bicyclic) bond motifs is 4. The molecular weight excluding hydrogens is 468 g/mol. The molecule has 0 bridgehead atoms. The van der Waals surface area contributed by atoms with Crippen molar-refractivity contribution in [3.8, 4) is 11.5 Å². The first-order valence-corrected chi connectivity index (χ1v) is 11.6. The molecule has 10 heteroatoms. The van der Waals surface area contributed by atoms with Crippen molar-refractivity contribution in [3.05, 3.63) is 35.4 Å². The van der Waals surface area contributed by atoms with Crippen LogP contribution in [0.25, 0.3) is 10.8 Å². The van der Waals surface area contributed by atoms with Crippen LogP contribution in [-0.2, 0) is 25.6 Å². The maximum absolute atomic E-state index is 13.8. The number of nitrogens with zero attached hydrogens (tertiary/aromatic N) is 1. The minimum atomic E-state index is -2.74. The van der Waals surface area contributed by atoms with Crippen LogP contribution in [0.1, 0.15) is 22.3 Å². The number of phenolic OH excluding ortho intramolecular Hbond substituents is 1. The molecule has 2 fully saturated rings. The Kier molecular flexibility index (Phi) is 5.31. The molecule has 0 aromatic heterocycles. The van der Waals surface area contributed by atoms with Gasteiger partial charge >= 0.3 is 0 Å². The number of likely N-dealkylation sites (N-methyl/N-ethyl adjacent to an activating group) is 1. The highest BCUT2D eigenvalue weighted by atomic mass is 16.5. The van der Waals surface area contributed by atoms with Crippen LogP contribution >= 0.6 is 0 Å². The van der Waals surface area contributed by atoms with E-state index in [0.29, 0.717) is 22.1 Å². The van der Waals surface area contributed by atoms with Crippen molar-refractivity contribution in [3.63, 3.8) is 0 Å². The van der Waals surface area contributed by atoms with E-state index in [1.807, 2.05) is 0 Å². The molecule has 1 amide bonds. The van der Waals surface area contributed by atoms with Gasteiger partial charge in [0.1, 0.15) is 11.5 Å². The van der Waals surface area contributed by atoms with E-state index < -0.39 is 64.4 Å². The monoisotopic (exact) mass is 494 g/mol. The number of carbonyl (C=O) groups is 5. The molecule has 188 valence electrons. The van der Waals surface area contributed by atoms with Crippen LogP contribution in [-0.4, -0.2) is 77.0 Å². The largest absolute Gasteiger partial charge is 0.507 e. The topological polar surface area (TPSA) is 164 Å². The molecule has 0 spiro atoms. The zero-order chi connectivity index (χ0) is 26.3. The number of rotatable bonds is 3. The Hall–Kier alpha value is -3.63. The lowest BCUT2D eigenvalue weighted by Gasteiger charge is -2.52. The van der Waals surface area contributed by atoms with E-state index in [1.54, 1.807) is 38.4 Å². The zero-order valence-electron chi connectivity index (χ0n) is 20.0. The van der Waals surface area contributed by atoms with E-state index in [1.165, 1.54) is 12.0 Å². The Morgan fingerprint density at radius 1 is 1.11 bits per heavy atom. The molecule has 3 aliphatic rings. The molecule has 0 aliphatic heterocycles. The van der Waals surface area contributed by atoms with Crippen LogP contribution in [0, 0.1) is 23.7 Å². The second kappa shape index (κ2) is 7.94. The Morgan fingerprint density at radius 3 is 2.33 bits per heavy atom. The average Bonchev–Trinajstić information content (AvgIpc) is 2.81. The number of benzene rings is 2.